The molecule has 0 saturated heterocycles. The number of nitrogens with one attached hydrogen (secondary N) is 1. The third kappa shape index (κ3) is 4.76. The molecule has 0 aliphatic rings. The van der Waals surface area contributed by atoms with Gasteiger partial charge in [0.05, 0.1) is 29.5 Å². The summed E-state index contributed by atoms with van der Waals surface area (Å²) in [6.45, 7) is 3.18. The second-order valence-corrected chi connectivity index (χ2v) is 5.69. The van der Waals surface area contributed by atoms with Gasteiger partial charge in [-0.2, -0.15) is 10.2 Å². The maximum Gasteiger partial charge on any atom is 0.307 e. The molecule has 1 N–H and O–H groups in total. The largest absolute Gasteiger partial charge is 0.360 e. The third-order valence-corrected chi connectivity index (χ3v) is 3.71. The van der Waals surface area contributed by atoms with Crippen molar-refractivity contribution < 1.29 is 14.5 Å². The van der Waals surface area contributed by atoms with Gasteiger partial charge in [0.25, 0.3) is 5.91 Å². The smallest absolute Gasteiger partial charge is 0.307 e. The normalized spacial score (nSPS) is 10.7. The van der Waals surface area contributed by atoms with E-state index in [0.29, 0.717) is 31.1 Å². The van der Waals surface area contributed by atoms with Crippen molar-refractivity contribution in [3.8, 4) is 0 Å². The predicted octanol–water partition coefficient (Wildman–Crippen LogP) is 2.28. The van der Waals surface area contributed by atoms with Crippen molar-refractivity contribution in [2.45, 2.75) is 20.2 Å². The summed E-state index contributed by atoms with van der Waals surface area (Å²) in [5.74, 6) is -0.257. The van der Waals surface area contributed by atoms with E-state index in [0.717, 1.165) is 5.56 Å². The topological polar surface area (TPSA) is 117 Å². The van der Waals surface area contributed by atoms with Crippen LogP contribution in [-0.4, -0.2) is 37.0 Å². The summed E-state index contributed by atoms with van der Waals surface area (Å²) in [6.07, 6.45) is 5.80. The summed E-state index contributed by atoms with van der Waals surface area (Å²) in [7, 11) is 0. The van der Waals surface area contributed by atoms with E-state index in [2.05, 4.69) is 15.5 Å². The molecular formula is C17H18N6O4. The quantitative estimate of drug-likeness (QED) is 0.480. The molecule has 2 aromatic heterocycles. The zero-order chi connectivity index (χ0) is 19.2. The molecule has 10 heteroatoms. The highest BCUT2D eigenvalue weighted by Gasteiger charge is 2.10. The highest BCUT2D eigenvalue weighted by molar-refractivity contribution is 6.04. The maximum atomic E-state index is 12.3. The molecule has 0 aliphatic carbocycles. The number of ether oxygens (including phenoxy) is 1. The Balaban J connectivity index is 1.59. The van der Waals surface area contributed by atoms with Gasteiger partial charge in [0.15, 0.2) is 0 Å². The Morgan fingerprint density at radius 2 is 1.93 bits per heavy atom. The van der Waals surface area contributed by atoms with Gasteiger partial charge in [0.2, 0.25) is 0 Å². The molecule has 0 spiro atoms. The van der Waals surface area contributed by atoms with Crippen LogP contribution in [0, 0.1) is 10.1 Å². The SMILES string of the molecule is CCOCn1cc(NC(=O)c2ccc(Cn3cc([N+](=O)[O-])cn3)cc2)cn1. The molecule has 0 fully saturated rings. The Labute approximate surface area is 154 Å². The fourth-order valence-corrected chi connectivity index (χ4v) is 2.37. The lowest BCUT2D eigenvalue weighted by Crippen LogP contribution is -2.11. The van der Waals surface area contributed by atoms with E-state index in [1.165, 1.54) is 17.1 Å². The van der Waals surface area contributed by atoms with Crippen LogP contribution in [0.2, 0.25) is 0 Å². The summed E-state index contributed by atoms with van der Waals surface area (Å²) in [5, 5.41) is 21.5. The minimum absolute atomic E-state index is 0.0594. The molecule has 140 valence electrons. The van der Waals surface area contributed by atoms with Crippen molar-refractivity contribution in [1.29, 1.82) is 0 Å². The van der Waals surface area contributed by atoms with Gasteiger partial charge in [-0.1, -0.05) is 12.1 Å². The molecule has 0 radical (unpaired) electrons. The van der Waals surface area contributed by atoms with Crippen LogP contribution in [0.25, 0.3) is 0 Å². The lowest BCUT2D eigenvalue weighted by molar-refractivity contribution is -0.385. The fraction of sp³-hybridized carbons (Fsp3) is 0.235. The minimum atomic E-state index is -0.493. The molecule has 27 heavy (non-hydrogen) atoms. The monoisotopic (exact) mass is 370 g/mol. The average Bonchev–Trinajstić information content (AvgIpc) is 3.30. The number of anilines is 1. The van der Waals surface area contributed by atoms with E-state index in [1.54, 1.807) is 41.3 Å². The maximum absolute atomic E-state index is 12.3. The van der Waals surface area contributed by atoms with E-state index in [4.69, 9.17) is 4.74 Å². The van der Waals surface area contributed by atoms with Gasteiger partial charge in [-0.15, -0.1) is 0 Å². The van der Waals surface area contributed by atoms with E-state index >= 15 is 0 Å². The van der Waals surface area contributed by atoms with Crippen LogP contribution in [0.4, 0.5) is 11.4 Å². The summed E-state index contributed by atoms with van der Waals surface area (Å²) in [5.41, 5.74) is 1.88. The molecule has 1 amide bonds. The number of nitro groups is 1. The Bertz CT molecular complexity index is 931. The van der Waals surface area contributed by atoms with E-state index in [9.17, 15) is 14.9 Å². The Morgan fingerprint density at radius 3 is 2.59 bits per heavy atom. The highest BCUT2D eigenvalue weighted by Crippen LogP contribution is 2.13. The van der Waals surface area contributed by atoms with Gasteiger partial charge in [0.1, 0.15) is 19.1 Å². The Morgan fingerprint density at radius 1 is 1.19 bits per heavy atom. The first-order valence-electron chi connectivity index (χ1n) is 8.22. The summed E-state index contributed by atoms with van der Waals surface area (Å²) in [4.78, 5) is 22.5. The van der Waals surface area contributed by atoms with Crippen LogP contribution in [-0.2, 0) is 18.0 Å². The molecular weight excluding hydrogens is 352 g/mol. The van der Waals surface area contributed by atoms with Gasteiger partial charge in [0, 0.05) is 12.2 Å². The predicted molar refractivity (Wildman–Crippen MR) is 96.2 cm³/mol. The number of aromatic nitrogens is 4. The van der Waals surface area contributed by atoms with Crippen LogP contribution >= 0.6 is 0 Å². The second kappa shape index (κ2) is 8.23. The van der Waals surface area contributed by atoms with Crippen LogP contribution in [0.3, 0.4) is 0 Å². The lowest BCUT2D eigenvalue weighted by atomic mass is 10.1. The lowest BCUT2D eigenvalue weighted by Gasteiger charge is -2.05. The van der Waals surface area contributed by atoms with Gasteiger partial charge in [-0.25, -0.2) is 4.68 Å². The molecule has 3 aromatic rings. The number of carbonyl (C=O) groups is 1. The van der Waals surface area contributed by atoms with E-state index in [1.807, 2.05) is 6.92 Å². The molecule has 10 nitrogen and oxygen atoms in total. The molecule has 3 rings (SSSR count). The van der Waals surface area contributed by atoms with Crippen LogP contribution in [0.5, 0.6) is 0 Å². The van der Waals surface area contributed by atoms with Gasteiger partial charge in [-0.05, 0) is 24.6 Å². The molecule has 0 atom stereocenters. The van der Waals surface area contributed by atoms with Crippen LogP contribution < -0.4 is 5.32 Å². The number of benzene rings is 1. The van der Waals surface area contributed by atoms with Crippen molar-refractivity contribution in [1.82, 2.24) is 19.6 Å². The molecule has 2 heterocycles. The third-order valence-electron chi connectivity index (χ3n) is 3.71. The standard InChI is InChI=1S/C17H18N6O4/c1-2-27-12-22-10-15(7-18-22)20-17(24)14-5-3-13(4-6-14)9-21-11-16(8-19-21)23(25)26/h3-8,10-11H,2,9,12H2,1H3,(H,20,24). The fourth-order valence-electron chi connectivity index (χ4n) is 2.37. The summed E-state index contributed by atoms with van der Waals surface area (Å²) in [6, 6.07) is 6.93. The molecule has 0 saturated carbocycles. The molecule has 1 aromatic carbocycles. The zero-order valence-corrected chi connectivity index (χ0v) is 14.6. The zero-order valence-electron chi connectivity index (χ0n) is 14.6. The minimum Gasteiger partial charge on any atom is -0.360 e. The Hall–Kier alpha value is -3.53. The number of amides is 1. The first kappa shape index (κ1) is 18.3. The second-order valence-electron chi connectivity index (χ2n) is 5.69. The molecule has 0 aliphatic heterocycles. The van der Waals surface area contributed by atoms with Crippen molar-refractivity contribution in [2.75, 3.05) is 11.9 Å². The van der Waals surface area contributed by atoms with Crippen molar-refractivity contribution in [3.05, 3.63) is 70.3 Å². The summed E-state index contributed by atoms with van der Waals surface area (Å²) < 4.78 is 8.30. The van der Waals surface area contributed by atoms with Crippen molar-refractivity contribution in [3.63, 3.8) is 0 Å². The number of nitrogens with zero attached hydrogens (tertiary/aromatic N) is 5. The average molecular weight is 370 g/mol. The molecule has 0 unspecified atom stereocenters. The first-order chi connectivity index (χ1) is 13.0. The van der Waals surface area contributed by atoms with Gasteiger partial charge < -0.3 is 10.1 Å². The van der Waals surface area contributed by atoms with Crippen molar-refractivity contribution >= 4 is 17.3 Å². The van der Waals surface area contributed by atoms with Crippen LogP contribution in [0.15, 0.2) is 49.1 Å². The molecule has 0 bridgehead atoms. The number of rotatable bonds is 8. The van der Waals surface area contributed by atoms with Crippen molar-refractivity contribution in [2.24, 2.45) is 0 Å². The van der Waals surface area contributed by atoms with Gasteiger partial charge in [-0.3, -0.25) is 19.6 Å². The van der Waals surface area contributed by atoms with E-state index in [-0.39, 0.29) is 11.6 Å². The summed E-state index contributed by atoms with van der Waals surface area (Å²) >= 11 is 0. The van der Waals surface area contributed by atoms with Gasteiger partial charge >= 0.3 is 5.69 Å². The number of hydrogen-bond donors (Lipinski definition) is 1. The number of hydrogen-bond acceptors (Lipinski definition) is 6. The Kier molecular flexibility index (Phi) is 5.57. The van der Waals surface area contributed by atoms with Crippen LogP contribution in [0.1, 0.15) is 22.8 Å². The van der Waals surface area contributed by atoms with E-state index < -0.39 is 4.92 Å². The first-order valence-corrected chi connectivity index (χ1v) is 8.22. The number of carbonyl (C=O) groups excluding carboxylic acids is 1. The highest BCUT2D eigenvalue weighted by atomic mass is 16.6.